The molecule has 26 heavy (non-hydrogen) atoms. The first-order chi connectivity index (χ1) is 12.4. The van der Waals surface area contributed by atoms with Gasteiger partial charge < -0.3 is 10.1 Å². The fourth-order valence-corrected chi connectivity index (χ4v) is 3.00. The first kappa shape index (κ1) is 18.4. The molecule has 1 unspecified atom stereocenters. The Balaban J connectivity index is 1.62. The highest BCUT2D eigenvalue weighted by Gasteiger charge is 2.33. The Morgan fingerprint density at radius 2 is 2.08 bits per heavy atom. The Bertz CT molecular complexity index is 740. The van der Waals surface area contributed by atoms with E-state index >= 15 is 0 Å². The maximum absolute atomic E-state index is 12.8. The summed E-state index contributed by atoms with van der Waals surface area (Å²) in [6.45, 7) is 2.34. The van der Waals surface area contributed by atoms with Gasteiger partial charge in [0, 0.05) is 37.6 Å². The number of hydrogen-bond donors (Lipinski definition) is 1. The van der Waals surface area contributed by atoms with Crippen LogP contribution in [0, 0.1) is 0 Å². The van der Waals surface area contributed by atoms with Crippen LogP contribution < -0.4 is 10.1 Å². The third-order valence-electron chi connectivity index (χ3n) is 4.20. The van der Waals surface area contributed by atoms with Crippen molar-refractivity contribution in [2.24, 2.45) is 0 Å². The number of nitrogens with zero attached hydrogens (tertiary/aromatic N) is 4. The van der Waals surface area contributed by atoms with Crippen LogP contribution in [0.25, 0.3) is 0 Å². The fraction of sp³-hybridized carbons (Fsp3) is 0.471. The second-order valence-electron chi connectivity index (χ2n) is 6.19. The fourth-order valence-electron chi connectivity index (χ4n) is 3.00. The molecule has 0 aromatic carbocycles. The molecule has 3 heterocycles. The average molecular weight is 367 g/mol. The Morgan fingerprint density at radius 1 is 1.27 bits per heavy atom. The van der Waals surface area contributed by atoms with Crippen LogP contribution in [0.4, 0.5) is 19.1 Å². The van der Waals surface area contributed by atoms with Crippen LogP contribution in [-0.4, -0.2) is 46.1 Å². The van der Waals surface area contributed by atoms with Crippen molar-refractivity contribution in [3.8, 4) is 5.88 Å². The third-order valence-corrected chi connectivity index (χ3v) is 4.20. The number of methoxy groups -OCH3 is 1. The number of alkyl halides is 3. The summed E-state index contributed by atoms with van der Waals surface area (Å²) in [7, 11) is 1.57. The number of ether oxygens (including phenoxy) is 1. The van der Waals surface area contributed by atoms with Crippen molar-refractivity contribution in [3.63, 3.8) is 0 Å². The predicted octanol–water partition coefficient (Wildman–Crippen LogP) is 2.98. The van der Waals surface area contributed by atoms with Gasteiger partial charge in [0.05, 0.1) is 7.11 Å². The highest BCUT2D eigenvalue weighted by molar-refractivity contribution is 5.28. The molecule has 140 valence electrons. The lowest BCUT2D eigenvalue weighted by molar-refractivity contribution is -0.141. The molecule has 1 saturated heterocycles. The molecule has 0 spiro atoms. The SMILES string of the molecule is COc1cc(CN2CCCC(Nc3nccc(C(F)(F)F)n3)C2)ccn1. The molecular formula is C17H20F3N5O. The van der Waals surface area contributed by atoms with E-state index in [1.807, 2.05) is 12.1 Å². The van der Waals surface area contributed by atoms with Crippen LogP contribution >= 0.6 is 0 Å². The van der Waals surface area contributed by atoms with Gasteiger partial charge in [-0.2, -0.15) is 13.2 Å². The molecule has 2 aromatic heterocycles. The second-order valence-corrected chi connectivity index (χ2v) is 6.19. The number of halogens is 3. The van der Waals surface area contributed by atoms with Gasteiger partial charge in [-0.3, -0.25) is 4.90 Å². The molecular weight excluding hydrogens is 347 g/mol. The summed E-state index contributed by atoms with van der Waals surface area (Å²) in [4.78, 5) is 13.8. The molecule has 6 nitrogen and oxygen atoms in total. The topological polar surface area (TPSA) is 63.2 Å². The molecule has 0 saturated carbocycles. The van der Waals surface area contributed by atoms with Crippen molar-refractivity contribution in [1.29, 1.82) is 0 Å². The van der Waals surface area contributed by atoms with Crippen molar-refractivity contribution < 1.29 is 17.9 Å². The molecule has 0 bridgehead atoms. The molecule has 1 N–H and O–H groups in total. The maximum Gasteiger partial charge on any atom is 0.433 e. The number of rotatable bonds is 5. The first-order valence-corrected chi connectivity index (χ1v) is 8.32. The van der Waals surface area contributed by atoms with E-state index in [0.29, 0.717) is 12.4 Å². The number of piperidine rings is 1. The summed E-state index contributed by atoms with van der Waals surface area (Å²) in [5.41, 5.74) is 0.138. The standard InChI is InChI=1S/C17H20F3N5O/c1-26-15-9-12(4-6-21-15)10-25-8-2-3-13(11-25)23-16-22-7-5-14(24-16)17(18,19)20/h4-7,9,13H,2-3,8,10-11H2,1H3,(H,22,23,24). The minimum atomic E-state index is -4.47. The molecule has 0 aliphatic carbocycles. The normalized spacial score (nSPS) is 18.5. The van der Waals surface area contributed by atoms with Gasteiger partial charge in [0.15, 0.2) is 0 Å². The number of nitrogens with one attached hydrogen (secondary N) is 1. The number of hydrogen-bond acceptors (Lipinski definition) is 6. The van der Waals surface area contributed by atoms with E-state index in [1.54, 1.807) is 13.3 Å². The smallest absolute Gasteiger partial charge is 0.433 e. The van der Waals surface area contributed by atoms with E-state index in [9.17, 15) is 13.2 Å². The molecule has 1 fully saturated rings. The van der Waals surface area contributed by atoms with E-state index in [-0.39, 0.29) is 12.0 Å². The summed E-state index contributed by atoms with van der Waals surface area (Å²) in [5.74, 6) is 0.573. The van der Waals surface area contributed by atoms with E-state index < -0.39 is 11.9 Å². The Labute approximate surface area is 149 Å². The molecule has 3 rings (SSSR count). The quantitative estimate of drug-likeness (QED) is 0.877. The zero-order valence-corrected chi connectivity index (χ0v) is 14.3. The molecule has 1 atom stereocenters. The number of aromatic nitrogens is 3. The second kappa shape index (κ2) is 7.86. The van der Waals surface area contributed by atoms with Crippen molar-refractivity contribution in [2.45, 2.75) is 31.6 Å². The van der Waals surface area contributed by atoms with Gasteiger partial charge in [-0.25, -0.2) is 15.0 Å². The van der Waals surface area contributed by atoms with Gasteiger partial charge in [-0.1, -0.05) is 0 Å². The van der Waals surface area contributed by atoms with Gasteiger partial charge in [0.1, 0.15) is 5.69 Å². The van der Waals surface area contributed by atoms with Crippen LogP contribution in [0.1, 0.15) is 24.1 Å². The van der Waals surface area contributed by atoms with Crippen molar-refractivity contribution >= 4 is 5.95 Å². The van der Waals surface area contributed by atoms with Gasteiger partial charge in [0.25, 0.3) is 0 Å². The Kier molecular flexibility index (Phi) is 5.55. The maximum atomic E-state index is 12.8. The molecule has 0 amide bonds. The van der Waals surface area contributed by atoms with Crippen molar-refractivity contribution in [2.75, 3.05) is 25.5 Å². The Hall–Kier alpha value is -2.42. The summed E-state index contributed by atoms with van der Waals surface area (Å²) in [6.07, 6.45) is 0.152. The van der Waals surface area contributed by atoms with Crippen LogP contribution in [-0.2, 0) is 12.7 Å². The highest BCUT2D eigenvalue weighted by atomic mass is 19.4. The van der Waals surface area contributed by atoms with Crippen molar-refractivity contribution in [3.05, 3.63) is 41.9 Å². The van der Waals surface area contributed by atoms with Gasteiger partial charge in [0.2, 0.25) is 11.8 Å². The summed E-state index contributed by atoms with van der Waals surface area (Å²) in [6, 6.07) is 4.67. The van der Waals surface area contributed by atoms with Gasteiger partial charge in [-0.15, -0.1) is 0 Å². The predicted molar refractivity (Wildman–Crippen MR) is 89.7 cm³/mol. The van der Waals surface area contributed by atoms with Crippen molar-refractivity contribution in [1.82, 2.24) is 19.9 Å². The summed E-state index contributed by atoms with van der Waals surface area (Å²) in [5, 5.41) is 3.03. The van der Waals surface area contributed by atoms with Gasteiger partial charge >= 0.3 is 6.18 Å². The van der Waals surface area contributed by atoms with E-state index in [1.165, 1.54) is 0 Å². The number of pyridine rings is 1. The van der Waals surface area contributed by atoms with Crippen LogP contribution in [0.3, 0.4) is 0 Å². The monoisotopic (exact) mass is 367 g/mol. The first-order valence-electron chi connectivity index (χ1n) is 8.32. The lowest BCUT2D eigenvalue weighted by atomic mass is 10.1. The van der Waals surface area contributed by atoms with Crippen LogP contribution in [0.5, 0.6) is 5.88 Å². The number of anilines is 1. The summed E-state index contributed by atoms with van der Waals surface area (Å²) >= 11 is 0. The lowest BCUT2D eigenvalue weighted by Crippen LogP contribution is -2.42. The molecule has 0 radical (unpaired) electrons. The lowest BCUT2D eigenvalue weighted by Gasteiger charge is -2.33. The average Bonchev–Trinajstić information content (AvgIpc) is 2.62. The zero-order valence-electron chi connectivity index (χ0n) is 14.3. The van der Waals surface area contributed by atoms with Crippen LogP contribution in [0.2, 0.25) is 0 Å². The number of likely N-dealkylation sites (tertiary alicyclic amines) is 1. The third kappa shape index (κ3) is 4.81. The molecule has 9 heteroatoms. The minimum Gasteiger partial charge on any atom is -0.481 e. The van der Waals surface area contributed by atoms with E-state index in [4.69, 9.17) is 4.74 Å². The Morgan fingerprint density at radius 3 is 2.85 bits per heavy atom. The van der Waals surface area contributed by atoms with E-state index in [0.717, 1.165) is 43.8 Å². The highest BCUT2D eigenvalue weighted by Crippen LogP contribution is 2.28. The van der Waals surface area contributed by atoms with Gasteiger partial charge in [-0.05, 0) is 37.1 Å². The zero-order chi connectivity index (χ0) is 18.6. The molecule has 2 aromatic rings. The van der Waals surface area contributed by atoms with Crippen LogP contribution in [0.15, 0.2) is 30.6 Å². The molecule has 1 aliphatic heterocycles. The largest absolute Gasteiger partial charge is 0.481 e. The minimum absolute atomic E-state index is 0.00373. The molecule has 1 aliphatic rings. The summed E-state index contributed by atoms with van der Waals surface area (Å²) < 4.78 is 43.4. The van der Waals surface area contributed by atoms with E-state index in [2.05, 4.69) is 25.2 Å².